The zero-order valence-corrected chi connectivity index (χ0v) is 12.6. The van der Waals surface area contributed by atoms with Crippen molar-refractivity contribution in [2.45, 2.75) is 19.5 Å². The fourth-order valence-corrected chi connectivity index (χ4v) is 3.43. The van der Waals surface area contributed by atoms with Crippen molar-refractivity contribution in [3.05, 3.63) is 69.4 Å². The van der Waals surface area contributed by atoms with Crippen molar-refractivity contribution in [3.8, 4) is 6.07 Å². The Hall–Kier alpha value is -2.58. The van der Waals surface area contributed by atoms with E-state index >= 15 is 0 Å². The van der Waals surface area contributed by atoms with Gasteiger partial charge < -0.3 is 9.32 Å². The van der Waals surface area contributed by atoms with Crippen LogP contribution in [0.25, 0.3) is 0 Å². The van der Waals surface area contributed by atoms with E-state index < -0.39 is 0 Å². The lowest BCUT2D eigenvalue weighted by Gasteiger charge is -2.13. The van der Waals surface area contributed by atoms with E-state index in [0.29, 0.717) is 23.9 Å². The molecule has 0 fully saturated rings. The van der Waals surface area contributed by atoms with Gasteiger partial charge in [-0.3, -0.25) is 0 Å². The van der Waals surface area contributed by atoms with Gasteiger partial charge in [-0.1, -0.05) is 24.3 Å². The van der Waals surface area contributed by atoms with Crippen LogP contribution in [0.3, 0.4) is 0 Å². The number of hydrogen-bond acceptors (Lipinski definition) is 5. The molecule has 1 aromatic carbocycles. The summed E-state index contributed by atoms with van der Waals surface area (Å²) in [7, 11) is 0. The Bertz CT molecular complexity index is 820. The molecular weight excluding hydrogens is 294 g/mol. The molecule has 0 bridgehead atoms. The van der Waals surface area contributed by atoms with Crippen LogP contribution in [-0.4, -0.2) is 4.98 Å². The quantitative estimate of drug-likeness (QED) is 0.740. The molecule has 22 heavy (non-hydrogen) atoms. The standard InChI is InChI=1S/C17H13N3OS/c18-8-15-17(20-9-13-3-1-2-4-14(13)10-20)21-16(19-15)7-12-5-6-22-11-12/h1-6,11H,7,9-10H2. The monoisotopic (exact) mass is 307 g/mol. The lowest BCUT2D eigenvalue weighted by molar-refractivity contribution is 0.497. The Morgan fingerprint density at radius 1 is 1.23 bits per heavy atom. The zero-order chi connectivity index (χ0) is 14.9. The number of fused-ring (bicyclic) bond motifs is 1. The molecule has 108 valence electrons. The molecule has 2 aromatic heterocycles. The predicted octanol–water partition coefficient (Wildman–Crippen LogP) is 3.72. The van der Waals surface area contributed by atoms with Crippen LogP contribution >= 0.6 is 11.3 Å². The summed E-state index contributed by atoms with van der Waals surface area (Å²) in [6.45, 7) is 1.52. The van der Waals surface area contributed by atoms with E-state index in [1.54, 1.807) is 11.3 Å². The number of thiophene rings is 1. The van der Waals surface area contributed by atoms with Crippen molar-refractivity contribution in [2.75, 3.05) is 4.90 Å². The van der Waals surface area contributed by atoms with Crippen LogP contribution < -0.4 is 4.90 Å². The van der Waals surface area contributed by atoms with Gasteiger partial charge in [0.05, 0.1) is 6.42 Å². The third-order valence-corrected chi connectivity index (χ3v) is 4.55. The molecule has 0 atom stereocenters. The average Bonchev–Trinajstić information content (AvgIpc) is 3.25. The van der Waals surface area contributed by atoms with E-state index in [4.69, 9.17) is 4.42 Å². The van der Waals surface area contributed by atoms with Crippen molar-refractivity contribution in [1.29, 1.82) is 5.26 Å². The molecule has 5 heteroatoms. The number of rotatable bonds is 3. The largest absolute Gasteiger partial charge is 0.423 e. The molecule has 4 rings (SSSR count). The van der Waals surface area contributed by atoms with Crippen molar-refractivity contribution in [3.63, 3.8) is 0 Å². The zero-order valence-electron chi connectivity index (χ0n) is 11.8. The van der Waals surface area contributed by atoms with Crippen LogP contribution in [0.5, 0.6) is 0 Å². The number of nitriles is 1. The summed E-state index contributed by atoms with van der Waals surface area (Å²) in [6, 6.07) is 12.5. The van der Waals surface area contributed by atoms with Crippen LogP contribution in [0, 0.1) is 11.3 Å². The summed E-state index contributed by atoms with van der Waals surface area (Å²) in [5, 5.41) is 13.4. The highest BCUT2D eigenvalue weighted by molar-refractivity contribution is 7.07. The second-order valence-corrected chi connectivity index (χ2v) is 6.09. The minimum Gasteiger partial charge on any atom is -0.423 e. The van der Waals surface area contributed by atoms with Crippen LogP contribution in [0.15, 0.2) is 45.5 Å². The maximum absolute atomic E-state index is 9.34. The van der Waals surface area contributed by atoms with Gasteiger partial charge in [0.1, 0.15) is 6.07 Å². The number of hydrogen-bond donors (Lipinski definition) is 0. The Morgan fingerprint density at radius 3 is 2.64 bits per heavy atom. The molecular formula is C17H13N3OS. The summed E-state index contributed by atoms with van der Waals surface area (Å²) in [4.78, 5) is 6.42. The van der Waals surface area contributed by atoms with Crippen LogP contribution in [0.1, 0.15) is 28.3 Å². The number of benzene rings is 1. The summed E-state index contributed by atoms with van der Waals surface area (Å²) >= 11 is 1.65. The Labute approximate surface area is 132 Å². The third-order valence-electron chi connectivity index (χ3n) is 3.82. The number of nitrogens with zero attached hydrogens (tertiary/aromatic N) is 3. The summed E-state index contributed by atoms with van der Waals surface area (Å²) in [5.74, 6) is 1.19. The molecule has 4 nitrogen and oxygen atoms in total. The molecule has 0 saturated heterocycles. The summed E-state index contributed by atoms with van der Waals surface area (Å²) in [5.41, 5.74) is 4.09. The molecule has 0 saturated carbocycles. The highest BCUT2D eigenvalue weighted by atomic mass is 32.1. The molecule has 0 spiro atoms. The fourth-order valence-electron chi connectivity index (χ4n) is 2.76. The van der Waals surface area contributed by atoms with Crippen molar-refractivity contribution >= 4 is 17.2 Å². The van der Waals surface area contributed by atoms with E-state index in [1.165, 1.54) is 11.1 Å². The second-order valence-electron chi connectivity index (χ2n) is 5.31. The minimum absolute atomic E-state index is 0.373. The van der Waals surface area contributed by atoms with E-state index in [0.717, 1.165) is 18.7 Å². The SMILES string of the molecule is N#Cc1nc(Cc2ccsc2)oc1N1Cc2ccccc2C1. The van der Waals surface area contributed by atoms with E-state index in [-0.39, 0.29) is 0 Å². The molecule has 0 N–H and O–H groups in total. The molecule has 3 heterocycles. The molecule has 0 radical (unpaired) electrons. The van der Waals surface area contributed by atoms with Crippen molar-refractivity contribution in [1.82, 2.24) is 4.98 Å². The average molecular weight is 307 g/mol. The predicted molar refractivity (Wildman–Crippen MR) is 84.7 cm³/mol. The number of oxazole rings is 1. The number of anilines is 1. The van der Waals surface area contributed by atoms with Gasteiger partial charge in [-0.25, -0.2) is 4.98 Å². The normalized spacial score (nSPS) is 13.1. The maximum Gasteiger partial charge on any atom is 0.235 e. The Morgan fingerprint density at radius 2 is 2.00 bits per heavy atom. The fraction of sp³-hybridized carbons (Fsp3) is 0.176. The highest BCUT2D eigenvalue weighted by Gasteiger charge is 2.25. The lowest BCUT2D eigenvalue weighted by atomic mass is 10.1. The van der Waals surface area contributed by atoms with Gasteiger partial charge in [-0.2, -0.15) is 16.6 Å². The van der Waals surface area contributed by atoms with Crippen molar-refractivity contribution in [2.24, 2.45) is 0 Å². The molecule has 1 aliphatic rings. The first-order valence-corrected chi connectivity index (χ1v) is 8.00. The van der Waals surface area contributed by atoms with Crippen molar-refractivity contribution < 1.29 is 4.42 Å². The third kappa shape index (κ3) is 2.28. The molecule has 0 amide bonds. The lowest BCUT2D eigenvalue weighted by Crippen LogP contribution is -2.14. The van der Waals surface area contributed by atoms with Gasteiger partial charge in [0.2, 0.25) is 17.5 Å². The van der Waals surface area contributed by atoms with Gasteiger partial charge in [0, 0.05) is 13.1 Å². The maximum atomic E-state index is 9.34. The molecule has 0 unspecified atom stereocenters. The Balaban J connectivity index is 1.63. The number of aromatic nitrogens is 1. The van der Waals surface area contributed by atoms with Gasteiger partial charge in [0.15, 0.2) is 0 Å². The van der Waals surface area contributed by atoms with Gasteiger partial charge in [0.25, 0.3) is 0 Å². The van der Waals surface area contributed by atoms with E-state index in [9.17, 15) is 5.26 Å². The topological polar surface area (TPSA) is 53.1 Å². The molecule has 1 aliphatic heterocycles. The first-order chi connectivity index (χ1) is 10.8. The van der Waals surface area contributed by atoms with Gasteiger partial charge >= 0.3 is 0 Å². The Kier molecular flexibility index (Phi) is 3.17. The summed E-state index contributed by atoms with van der Waals surface area (Å²) < 4.78 is 5.89. The first-order valence-electron chi connectivity index (χ1n) is 7.06. The van der Waals surface area contributed by atoms with E-state index in [2.05, 4.69) is 33.5 Å². The van der Waals surface area contributed by atoms with Crippen LogP contribution in [0.2, 0.25) is 0 Å². The van der Waals surface area contributed by atoms with Crippen LogP contribution in [0.4, 0.5) is 5.88 Å². The van der Waals surface area contributed by atoms with Gasteiger partial charge in [-0.15, -0.1) is 0 Å². The smallest absolute Gasteiger partial charge is 0.235 e. The summed E-state index contributed by atoms with van der Waals surface area (Å²) in [6.07, 6.45) is 0.624. The minimum atomic E-state index is 0.373. The first kappa shape index (κ1) is 13.1. The van der Waals surface area contributed by atoms with Crippen LogP contribution in [-0.2, 0) is 19.5 Å². The second kappa shape index (κ2) is 5.32. The van der Waals surface area contributed by atoms with Gasteiger partial charge in [-0.05, 0) is 33.5 Å². The molecule has 0 aliphatic carbocycles. The molecule has 3 aromatic rings. The highest BCUT2D eigenvalue weighted by Crippen LogP contribution is 2.31. The van der Waals surface area contributed by atoms with E-state index in [1.807, 2.05) is 23.6 Å².